The smallest absolute Gasteiger partial charge is 0.272 e. The van der Waals surface area contributed by atoms with E-state index in [9.17, 15) is 9.59 Å². The van der Waals surface area contributed by atoms with Gasteiger partial charge in [0, 0.05) is 31.7 Å². The minimum atomic E-state index is -0.224. The van der Waals surface area contributed by atoms with E-state index in [1.165, 1.54) is 5.56 Å². The number of nitrogens with one attached hydrogen (secondary N) is 1. The van der Waals surface area contributed by atoms with Gasteiger partial charge >= 0.3 is 0 Å². The lowest BCUT2D eigenvalue weighted by Gasteiger charge is -2.20. The molecule has 138 valence electrons. The summed E-state index contributed by atoms with van der Waals surface area (Å²) in [7, 11) is 0. The Hall–Kier alpha value is -2.63. The van der Waals surface area contributed by atoms with Gasteiger partial charge in [0.1, 0.15) is 5.69 Å². The predicted octanol–water partition coefficient (Wildman–Crippen LogP) is 2.77. The Balaban J connectivity index is 1.79. The Kier molecular flexibility index (Phi) is 5.40. The fourth-order valence-corrected chi connectivity index (χ4v) is 3.13. The van der Waals surface area contributed by atoms with Crippen molar-refractivity contribution >= 4 is 11.8 Å². The Labute approximate surface area is 154 Å². The summed E-state index contributed by atoms with van der Waals surface area (Å²) in [6.07, 6.45) is 1.67. The first kappa shape index (κ1) is 18.2. The lowest BCUT2D eigenvalue weighted by molar-refractivity contribution is 0.0745. The Morgan fingerprint density at radius 3 is 2.85 bits per heavy atom. The fraction of sp³-hybridized carbons (Fsp3) is 0.450. The minimum absolute atomic E-state index is 0.0703. The van der Waals surface area contributed by atoms with Gasteiger partial charge in [-0.3, -0.25) is 14.3 Å². The molecular formula is C20H26N4O2. The highest BCUT2D eigenvalue weighted by molar-refractivity contribution is 5.98. The molecule has 2 aromatic rings. The quantitative estimate of drug-likeness (QED) is 0.898. The van der Waals surface area contributed by atoms with Crippen molar-refractivity contribution in [2.45, 2.75) is 52.7 Å². The zero-order valence-electron chi connectivity index (χ0n) is 15.7. The van der Waals surface area contributed by atoms with E-state index in [0.717, 1.165) is 18.4 Å². The normalized spacial score (nSPS) is 15.3. The van der Waals surface area contributed by atoms with Gasteiger partial charge in [-0.05, 0) is 32.3 Å². The zero-order valence-corrected chi connectivity index (χ0v) is 15.7. The van der Waals surface area contributed by atoms with E-state index in [0.29, 0.717) is 31.0 Å². The summed E-state index contributed by atoms with van der Waals surface area (Å²) in [6.45, 7) is 7.91. The third-order valence-corrected chi connectivity index (χ3v) is 4.76. The van der Waals surface area contributed by atoms with Crippen LogP contribution in [0.3, 0.4) is 0 Å². The van der Waals surface area contributed by atoms with Crippen molar-refractivity contribution in [2.24, 2.45) is 0 Å². The number of aromatic nitrogens is 2. The highest BCUT2D eigenvalue weighted by Crippen LogP contribution is 2.17. The fourth-order valence-electron chi connectivity index (χ4n) is 3.13. The molecule has 0 bridgehead atoms. The predicted molar refractivity (Wildman–Crippen MR) is 100.0 cm³/mol. The average molecular weight is 354 g/mol. The molecule has 1 aliphatic heterocycles. The van der Waals surface area contributed by atoms with Crippen LogP contribution in [0.4, 0.5) is 0 Å². The number of carbonyl (C=O) groups excluding carboxylic acids is 2. The van der Waals surface area contributed by atoms with E-state index in [2.05, 4.69) is 16.5 Å². The molecule has 1 N–H and O–H groups in total. The lowest BCUT2D eigenvalue weighted by atomic mass is 10.1. The molecule has 1 aromatic carbocycles. The summed E-state index contributed by atoms with van der Waals surface area (Å²) in [5, 5.41) is 7.26. The molecule has 0 spiro atoms. The Bertz CT molecular complexity index is 812. The first-order valence-corrected chi connectivity index (χ1v) is 9.21. The van der Waals surface area contributed by atoms with E-state index in [-0.39, 0.29) is 17.9 Å². The highest BCUT2D eigenvalue weighted by Gasteiger charge is 2.26. The van der Waals surface area contributed by atoms with Crippen molar-refractivity contribution in [3.63, 3.8) is 0 Å². The number of amides is 2. The molecule has 1 aliphatic rings. The van der Waals surface area contributed by atoms with Crippen molar-refractivity contribution in [1.29, 1.82) is 0 Å². The van der Waals surface area contributed by atoms with Crippen molar-refractivity contribution in [1.82, 2.24) is 20.0 Å². The van der Waals surface area contributed by atoms with Gasteiger partial charge < -0.3 is 10.2 Å². The minimum Gasteiger partial charge on any atom is -0.348 e. The molecule has 0 saturated carbocycles. The molecule has 0 unspecified atom stereocenters. The van der Waals surface area contributed by atoms with E-state index in [1.54, 1.807) is 10.7 Å². The van der Waals surface area contributed by atoms with Gasteiger partial charge in [0.25, 0.3) is 11.8 Å². The number of hydrogen-bond donors (Lipinski definition) is 1. The molecule has 6 nitrogen and oxygen atoms in total. The third-order valence-electron chi connectivity index (χ3n) is 4.76. The average Bonchev–Trinajstić information content (AvgIpc) is 2.99. The van der Waals surface area contributed by atoms with Gasteiger partial charge in [0.05, 0.1) is 0 Å². The van der Waals surface area contributed by atoms with E-state index in [1.807, 2.05) is 43.9 Å². The SMILES string of the molecule is CC[C@H](C)NC(=O)c1cc2n(n1)CCCN(Cc1cccc(C)c1)C2=O. The molecule has 2 heterocycles. The maximum Gasteiger partial charge on any atom is 0.272 e. The second-order valence-corrected chi connectivity index (χ2v) is 6.99. The maximum atomic E-state index is 13.0. The zero-order chi connectivity index (χ0) is 18.7. The van der Waals surface area contributed by atoms with Crippen LogP contribution in [-0.4, -0.2) is 39.1 Å². The third kappa shape index (κ3) is 3.95. The van der Waals surface area contributed by atoms with Crippen LogP contribution < -0.4 is 5.32 Å². The van der Waals surface area contributed by atoms with Gasteiger partial charge in [-0.1, -0.05) is 36.8 Å². The van der Waals surface area contributed by atoms with Crippen molar-refractivity contribution in [2.75, 3.05) is 6.54 Å². The maximum absolute atomic E-state index is 13.0. The van der Waals surface area contributed by atoms with Crippen molar-refractivity contribution < 1.29 is 9.59 Å². The van der Waals surface area contributed by atoms with Gasteiger partial charge in [-0.2, -0.15) is 5.10 Å². The second-order valence-electron chi connectivity index (χ2n) is 6.99. The summed E-state index contributed by atoms with van der Waals surface area (Å²) in [5.74, 6) is -0.294. The molecule has 2 amide bonds. The second kappa shape index (κ2) is 7.72. The molecule has 1 atom stereocenters. The monoisotopic (exact) mass is 354 g/mol. The summed E-state index contributed by atoms with van der Waals surface area (Å²) < 4.78 is 1.67. The van der Waals surface area contributed by atoms with Crippen LogP contribution >= 0.6 is 0 Å². The van der Waals surface area contributed by atoms with Gasteiger partial charge in [0.2, 0.25) is 0 Å². The topological polar surface area (TPSA) is 67.2 Å². The number of benzene rings is 1. The molecule has 26 heavy (non-hydrogen) atoms. The van der Waals surface area contributed by atoms with Crippen LogP contribution in [0.25, 0.3) is 0 Å². The summed E-state index contributed by atoms with van der Waals surface area (Å²) >= 11 is 0. The van der Waals surface area contributed by atoms with Crippen LogP contribution in [0.5, 0.6) is 0 Å². The van der Waals surface area contributed by atoms with E-state index >= 15 is 0 Å². The van der Waals surface area contributed by atoms with Crippen molar-refractivity contribution in [3.05, 3.63) is 52.8 Å². The summed E-state index contributed by atoms with van der Waals surface area (Å²) in [5.41, 5.74) is 3.09. The summed E-state index contributed by atoms with van der Waals surface area (Å²) in [4.78, 5) is 27.1. The number of rotatable bonds is 5. The number of hydrogen-bond acceptors (Lipinski definition) is 3. The Morgan fingerprint density at radius 2 is 2.12 bits per heavy atom. The first-order chi connectivity index (χ1) is 12.5. The molecule has 1 aromatic heterocycles. The van der Waals surface area contributed by atoms with Crippen molar-refractivity contribution in [3.8, 4) is 0 Å². The highest BCUT2D eigenvalue weighted by atomic mass is 16.2. The first-order valence-electron chi connectivity index (χ1n) is 9.21. The molecule has 0 radical (unpaired) electrons. The standard InChI is InChI=1S/C20H26N4O2/c1-4-15(3)21-19(25)17-12-18-20(26)23(9-6-10-24(18)22-17)13-16-8-5-7-14(2)11-16/h5,7-8,11-12,15H,4,6,9-10,13H2,1-3H3,(H,21,25)/t15-/m0/s1. The molecule has 0 saturated heterocycles. The molecule has 0 aliphatic carbocycles. The number of aryl methyl sites for hydroxylation is 2. The molecular weight excluding hydrogens is 328 g/mol. The molecule has 0 fully saturated rings. The van der Waals surface area contributed by atoms with Crippen LogP contribution in [0.2, 0.25) is 0 Å². The van der Waals surface area contributed by atoms with Gasteiger partial charge in [-0.25, -0.2) is 0 Å². The van der Waals surface area contributed by atoms with E-state index in [4.69, 9.17) is 0 Å². The summed E-state index contributed by atoms with van der Waals surface area (Å²) in [6, 6.07) is 9.89. The van der Waals surface area contributed by atoms with Crippen LogP contribution in [0.15, 0.2) is 30.3 Å². The van der Waals surface area contributed by atoms with Crippen LogP contribution in [-0.2, 0) is 13.1 Å². The van der Waals surface area contributed by atoms with Gasteiger partial charge in [0.15, 0.2) is 5.69 Å². The number of carbonyl (C=O) groups is 2. The molecule has 6 heteroatoms. The lowest BCUT2D eigenvalue weighted by Crippen LogP contribution is -2.32. The Morgan fingerprint density at radius 1 is 1.31 bits per heavy atom. The number of fused-ring (bicyclic) bond motifs is 1. The van der Waals surface area contributed by atoms with E-state index < -0.39 is 0 Å². The van der Waals surface area contributed by atoms with Crippen LogP contribution in [0, 0.1) is 6.92 Å². The van der Waals surface area contributed by atoms with Gasteiger partial charge in [-0.15, -0.1) is 0 Å². The van der Waals surface area contributed by atoms with Crippen LogP contribution in [0.1, 0.15) is 58.8 Å². The number of nitrogens with zero attached hydrogens (tertiary/aromatic N) is 3. The largest absolute Gasteiger partial charge is 0.348 e. The molecule has 3 rings (SSSR count).